The van der Waals surface area contributed by atoms with Crippen molar-refractivity contribution in [2.75, 3.05) is 7.11 Å². The lowest BCUT2D eigenvalue weighted by molar-refractivity contribution is 0.0600. The summed E-state index contributed by atoms with van der Waals surface area (Å²) in [5.74, 6) is -0.402. The van der Waals surface area contributed by atoms with Gasteiger partial charge in [0.1, 0.15) is 0 Å². The van der Waals surface area contributed by atoms with Gasteiger partial charge in [0.25, 0.3) is 0 Å². The number of rotatable bonds is 2. The molecule has 0 saturated carbocycles. The predicted octanol–water partition coefficient (Wildman–Crippen LogP) is 2.22. The van der Waals surface area contributed by atoms with Crippen LogP contribution in [0.25, 0.3) is 0 Å². The number of hydrogen-bond acceptors (Lipinski definition) is 3. The number of aryl methyl sites for hydroxylation is 1. The Balaban J connectivity index is 3.34. The Bertz CT molecular complexity index is 430. The molecule has 1 rings (SSSR count). The fourth-order valence-electron chi connectivity index (χ4n) is 1.49. The molecule has 0 unspecified atom stereocenters. The molecule has 0 N–H and O–H groups in total. The van der Waals surface area contributed by atoms with E-state index in [9.17, 15) is 4.79 Å². The molecular weight excluding hydrogens is 190 g/mol. The molecular formula is C12H13NO2. The highest BCUT2D eigenvalue weighted by molar-refractivity contribution is 5.90. The van der Waals surface area contributed by atoms with Crippen molar-refractivity contribution in [2.24, 2.45) is 0 Å². The molecule has 3 heteroatoms. The Kier molecular flexibility index (Phi) is 3.46. The molecule has 3 nitrogen and oxygen atoms in total. The van der Waals surface area contributed by atoms with E-state index in [1.807, 2.05) is 13.8 Å². The SMILES string of the molecule is CCc1cc(C(=O)OC)cc(C#N)c1C. The third-order valence-corrected chi connectivity index (χ3v) is 2.44. The van der Waals surface area contributed by atoms with Crippen LogP contribution >= 0.6 is 0 Å². The number of nitrogens with zero attached hydrogens (tertiary/aromatic N) is 1. The van der Waals surface area contributed by atoms with Gasteiger partial charge in [-0.15, -0.1) is 0 Å². The first-order valence-electron chi connectivity index (χ1n) is 4.76. The highest BCUT2D eigenvalue weighted by Crippen LogP contribution is 2.17. The molecule has 0 aliphatic heterocycles. The normalized spacial score (nSPS) is 9.47. The van der Waals surface area contributed by atoms with Crippen LogP contribution in [0.2, 0.25) is 0 Å². The molecule has 1 aromatic carbocycles. The summed E-state index contributed by atoms with van der Waals surface area (Å²) < 4.78 is 4.63. The van der Waals surface area contributed by atoms with E-state index in [1.165, 1.54) is 7.11 Å². The van der Waals surface area contributed by atoms with Gasteiger partial charge in [-0.2, -0.15) is 5.26 Å². The van der Waals surface area contributed by atoms with Crippen LogP contribution in [0, 0.1) is 18.3 Å². The second-order valence-electron chi connectivity index (χ2n) is 3.26. The van der Waals surface area contributed by atoms with E-state index in [-0.39, 0.29) is 0 Å². The number of benzene rings is 1. The maximum atomic E-state index is 11.3. The summed E-state index contributed by atoms with van der Waals surface area (Å²) in [5.41, 5.74) is 2.92. The lowest BCUT2D eigenvalue weighted by atomic mass is 9.98. The smallest absolute Gasteiger partial charge is 0.337 e. The Morgan fingerprint density at radius 2 is 2.20 bits per heavy atom. The van der Waals surface area contributed by atoms with Gasteiger partial charge in [0.2, 0.25) is 0 Å². The molecule has 0 amide bonds. The summed E-state index contributed by atoms with van der Waals surface area (Å²) >= 11 is 0. The fraction of sp³-hybridized carbons (Fsp3) is 0.333. The molecule has 0 radical (unpaired) electrons. The molecule has 78 valence electrons. The zero-order valence-corrected chi connectivity index (χ0v) is 9.13. The van der Waals surface area contributed by atoms with Crippen LogP contribution < -0.4 is 0 Å². The molecule has 0 aromatic heterocycles. The summed E-state index contributed by atoms with van der Waals surface area (Å²) in [4.78, 5) is 11.3. The van der Waals surface area contributed by atoms with Gasteiger partial charge in [-0.3, -0.25) is 0 Å². The summed E-state index contributed by atoms with van der Waals surface area (Å²) in [6, 6.07) is 5.43. The summed E-state index contributed by atoms with van der Waals surface area (Å²) in [6.45, 7) is 3.88. The van der Waals surface area contributed by atoms with Gasteiger partial charge in [0.05, 0.1) is 24.3 Å². The first-order chi connectivity index (χ1) is 7.13. The second-order valence-corrected chi connectivity index (χ2v) is 3.26. The Morgan fingerprint density at radius 3 is 2.67 bits per heavy atom. The van der Waals surface area contributed by atoms with Crippen molar-refractivity contribution in [1.82, 2.24) is 0 Å². The largest absolute Gasteiger partial charge is 0.465 e. The number of esters is 1. The highest BCUT2D eigenvalue weighted by Gasteiger charge is 2.11. The molecule has 0 spiro atoms. The Labute approximate surface area is 89.3 Å². The van der Waals surface area contributed by atoms with Gasteiger partial charge in [-0.25, -0.2) is 4.79 Å². The summed E-state index contributed by atoms with van der Waals surface area (Å²) in [5, 5.41) is 8.92. The van der Waals surface area contributed by atoms with Crippen molar-refractivity contribution >= 4 is 5.97 Å². The van der Waals surface area contributed by atoms with Crippen LogP contribution in [0.4, 0.5) is 0 Å². The van der Waals surface area contributed by atoms with E-state index in [0.29, 0.717) is 11.1 Å². The van der Waals surface area contributed by atoms with E-state index in [4.69, 9.17) is 5.26 Å². The van der Waals surface area contributed by atoms with Crippen molar-refractivity contribution in [3.05, 3.63) is 34.4 Å². The summed E-state index contributed by atoms with van der Waals surface area (Å²) in [7, 11) is 1.33. The van der Waals surface area contributed by atoms with E-state index in [2.05, 4.69) is 10.8 Å². The number of ether oxygens (including phenoxy) is 1. The molecule has 15 heavy (non-hydrogen) atoms. The molecule has 0 aliphatic rings. The van der Waals surface area contributed by atoms with Gasteiger partial charge in [-0.05, 0) is 36.6 Å². The van der Waals surface area contributed by atoms with Gasteiger partial charge >= 0.3 is 5.97 Å². The van der Waals surface area contributed by atoms with Crippen LogP contribution in [0.5, 0.6) is 0 Å². The van der Waals surface area contributed by atoms with Gasteiger partial charge in [0, 0.05) is 0 Å². The van der Waals surface area contributed by atoms with Gasteiger partial charge < -0.3 is 4.74 Å². The average molecular weight is 203 g/mol. The van der Waals surface area contributed by atoms with Crippen LogP contribution in [-0.2, 0) is 11.2 Å². The lowest BCUT2D eigenvalue weighted by Crippen LogP contribution is -2.04. The van der Waals surface area contributed by atoms with Crippen LogP contribution in [0.15, 0.2) is 12.1 Å². The third kappa shape index (κ3) is 2.16. The standard InChI is InChI=1S/C12H13NO2/c1-4-9-5-10(12(14)15-3)6-11(7-13)8(9)2/h5-6H,4H2,1-3H3. The molecule has 0 aliphatic carbocycles. The van der Waals surface area contributed by atoms with E-state index >= 15 is 0 Å². The van der Waals surface area contributed by atoms with Crippen molar-refractivity contribution < 1.29 is 9.53 Å². The first-order valence-corrected chi connectivity index (χ1v) is 4.76. The van der Waals surface area contributed by atoms with E-state index in [1.54, 1.807) is 12.1 Å². The quantitative estimate of drug-likeness (QED) is 0.692. The van der Waals surface area contributed by atoms with Crippen molar-refractivity contribution in [2.45, 2.75) is 20.3 Å². The number of methoxy groups -OCH3 is 1. The van der Waals surface area contributed by atoms with Crippen LogP contribution in [-0.4, -0.2) is 13.1 Å². The minimum absolute atomic E-state index is 0.402. The van der Waals surface area contributed by atoms with E-state index in [0.717, 1.165) is 17.5 Å². The molecule has 0 bridgehead atoms. The molecule has 1 aromatic rings. The van der Waals surface area contributed by atoms with Crippen molar-refractivity contribution in [3.63, 3.8) is 0 Å². The molecule has 0 heterocycles. The highest BCUT2D eigenvalue weighted by atomic mass is 16.5. The van der Waals surface area contributed by atoms with Crippen LogP contribution in [0.3, 0.4) is 0 Å². The summed E-state index contributed by atoms with van der Waals surface area (Å²) in [6.07, 6.45) is 0.797. The topological polar surface area (TPSA) is 50.1 Å². The number of carbonyl (C=O) groups excluding carboxylic acids is 1. The van der Waals surface area contributed by atoms with Gasteiger partial charge in [-0.1, -0.05) is 6.92 Å². The minimum atomic E-state index is -0.402. The predicted molar refractivity (Wildman–Crippen MR) is 56.6 cm³/mol. The molecule has 0 fully saturated rings. The zero-order valence-electron chi connectivity index (χ0n) is 9.13. The van der Waals surface area contributed by atoms with Crippen LogP contribution in [0.1, 0.15) is 34.0 Å². The maximum absolute atomic E-state index is 11.3. The second kappa shape index (κ2) is 4.61. The first kappa shape index (κ1) is 11.3. The Morgan fingerprint density at radius 1 is 1.53 bits per heavy atom. The third-order valence-electron chi connectivity index (χ3n) is 2.44. The minimum Gasteiger partial charge on any atom is -0.465 e. The zero-order chi connectivity index (χ0) is 11.4. The number of hydrogen-bond donors (Lipinski definition) is 0. The monoisotopic (exact) mass is 203 g/mol. The lowest BCUT2D eigenvalue weighted by Gasteiger charge is -2.07. The molecule has 0 atom stereocenters. The van der Waals surface area contributed by atoms with Crippen molar-refractivity contribution in [1.29, 1.82) is 5.26 Å². The average Bonchev–Trinajstić information content (AvgIpc) is 2.28. The maximum Gasteiger partial charge on any atom is 0.337 e. The number of carbonyl (C=O) groups is 1. The van der Waals surface area contributed by atoms with Crippen molar-refractivity contribution in [3.8, 4) is 6.07 Å². The number of nitriles is 1. The molecule has 0 saturated heterocycles. The van der Waals surface area contributed by atoms with E-state index < -0.39 is 5.97 Å². The van der Waals surface area contributed by atoms with Gasteiger partial charge in [0.15, 0.2) is 0 Å². The Hall–Kier alpha value is -1.82. The fourth-order valence-corrected chi connectivity index (χ4v) is 1.49.